The Kier molecular flexibility index (Phi) is 5.45. The van der Waals surface area contributed by atoms with Crippen molar-refractivity contribution in [3.63, 3.8) is 0 Å². The van der Waals surface area contributed by atoms with Crippen LogP contribution in [-0.2, 0) is 11.3 Å². The van der Waals surface area contributed by atoms with Crippen LogP contribution in [0.25, 0.3) is 0 Å². The second-order valence-electron chi connectivity index (χ2n) is 7.80. The van der Waals surface area contributed by atoms with Gasteiger partial charge in [0.1, 0.15) is 0 Å². The van der Waals surface area contributed by atoms with Gasteiger partial charge in [-0.25, -0.2) is 0 Å². The molecule has 0 bridgehead atoms. The molecule has 2 aromatic rings. The Morgan fingerprint density at radius 2 is 1.81 bits per heavy atom. The quantitative estimate of drug-likeness (QED) is 0.713. The molecule has 0 radical (unpaired) electrons. The molecular weight excluding hydrogens is 379 g/mol. The monoisotopic (exact) mass is 402 g/mol. The van der Waals surface area contributed by atoms with Crippen LogP contribution < -0.4 is 5.32 Å². The van der Waals surface area contributed by atoms with E-state index in [0.29, 0.717) is 5.02 Å². The lowest BCUT2D eigenvalue weighted by Crippen LogP contribution is -2.31. The Morgan fingerprint density at radius 3 is 2.52 bits per heavy atom. The molecule has 0 aromatic heterocycles. The molecule has 0 saturated heterocycles. The molecule has 3 nitrogen and oxygen atoms in total. The number of hydrogen-bond acceptors (Lipinski definition) is 2. The van der Waals surface area contributed by atoms with Crippen LogP contribution in [0, 0.1) is 5.92 Å². The van der Waals surface area contributed by atoms with Crippen molar-refractivity contribution in [2.24, 2.45) is 5.92 Å². The summed E-state index contributed by atoms with van der Waals surface area (Å²) in [6, 6.07) is 12.1. The maximum atomic E-state index is 12.3. The molecule has 1 fully saturated rings. The van der Waals surface area contributed by atoms with Gasteiger partial charge >= 0.3 is 0 Å². The molecule has 1 amide bonds. The molecule has 1 unspecified atom stereocenters. The minimum Gasteiger partial charge on any atom is -0.326 e. The van der Waals surface area contributed by atoms with Gasteiger partial charge in [-0.05, 0) is 60.8 Å². The van der Waals surface area contributed by atoms with Crippen molar-refractivity contribution < 1.29 is 4.79 Å². The topological polar surface area (TPSA) is 32.3 Å². The normalized spacial score (nSPS) is 20.5. The molecule has 1 aliphatic heterocycles. The highest BCUT2D eigenvalue weighted by molar-refractivity contribution is 6.35. The van der Waals surface area contributed by atoms with Crippen LogP contribution in [0.3, 0.4) is 0 Å². The molecular formula is C22H24Cl2N2O. The summed E-state index contributed by atoms with van der Waals surface area (Å²) < 4.78 is 0. The average Bonchev–Trinajstić information content (AvgIpc) is 3.17. The van der Waals surface area contributed by atoms with Crippen LogP contribution in [0.1, 0.15) is 48.3 Å². The lowest BCUT2D eigenvalue weighted by Gasteiger charge is -2.33. The van der Waals surface area contributed by atoms with Gasteiger partial charge in [-0.15, -0.1) is 0 Å². The van der Waals surface area contributed by atoms with E-state index in [1.165, 1.54) is 11.1 Å². The highest BCUT2D eigenvalue weighted by Crippen LogP contribution is 2.38. The van der Waals surface area contributed by atoms with Gasteiger partial charge < -0.3 is 10.2 Å². The first-order chi connectivity index (χ1) is 13.0. The third-order valence-corrected chi connectivity index (χ3v) is 6.35. The molecule has 1 heterocycles. The average molecular weight is 403 g/mol. The third-order valence-electron chi connectivity index (χ3n) is 5.80. The Bertz CT molecular complexity index is 844. The number of hydrogen-bond donors (Lipinski definition) is 1. The molecule has 0 spiro atoms. The number of rotatable bonds is 3. The molecule has 1 aliphatic carbocycles. The second kappa shape index (κ2) is 7.83. The molecule has 1 saturated carbocycles. The number of nitrogens with zero attached hydrogens (tertiary/aromatic N) is 1. The van der Waals surface area contributed by atoms with Gasteiger partial charge in [0.2, 0.25) is 5.91 Å². The summed E-state index contributed by atoms with van der Waals surface area (Å²) in [7, 11) is 2.11. The second-order valence-corrected chi connectivity index (χ2v) is 8.64. The van der Waals surface area contributed by atoms with Gasteiger partial charge in [0.05, 0.1) is 0 Å². The van der Waals surface area contributed by atoms with Crippen LogP contribution >= 0.6 is 23.2 Å². The van der Waals surface area contributed by atoms with E-state index in [-0.39, 0.29) is 17.7 Å². The van der Waals surface area contributed by atoms with Crippen LogP contribution in [0.15, 0.2) is 36.4 Å². The fraction of sp³-hybridized carbons (Fsp3) is 0.409. The van der Waals surface area contributed by atoms with E-state index in [4.69, 9.17) is 23.2 Å². The summed E-state index contributed by atoms with van der Waals surface area (Å²) in [5.74, 6) is 0.545. The van der Waals surface area contributed by atoms with E-state index in [0.717, 1.165) is 55.0 Å². The SMILES string of the molecule is CN1Cc2c(Cl)cc(Cl)cc2C(c2ccc(NC(=O)C3CCCC3)cc2)C1. The van der Waals surface area contributed by atoms with Crippen LogP contribution in [-0.4, -0.2) is 24.4 Å². The highest BCUT2D eigenvalue weighted by atomic mass is 35.5. The predicted molar refractivity (Wildman–Crippen MR) is 112 cm³/mol. The zero-order valence-electron chi connectivity index (χ0n) is 15.5. The van der Waals surface area contributed by atoms with E-state index in [2.05, 4.69) is 29.4 Å². The van der Waals surface area contributed by atoms with Gasteiger partial charge in [-0.1, -0.05) is 48.2 Å². The smallest absolute Gasteiger partial charge is 0.227 e. The summed E-state index contributed by atoms with van der Waals surface area (Å²) in [6.45, 7) is 1.74. The Balaban J connectivity index is 1.56. The number of nitrogens with one attached hydrogen (secondary N) is 1. The minimum atomic E-state index is 0.154. The van der Waals surface area contributed by atoms with Crippen molar-refractivity contribution in [2.75, 3.05) is 18.9 Å². The van der Waals surface area contributed by atoms with Gasteiger partial charge in [-0.3, -0.25) is 4.79 Å². The summed E-state index contributed by atoms with van der Waals surface area (Å²) in [5.41, 5.74) is 4.43. The number of halogens is 2. The van der Waals surface area contributed by atoms with E-state index < -0.39 is 0 Å². The standard InChI is InChI=1S/C22H24Cl2N2O/c1-26-12-19(18-10-16(23)11-21(24)20(18)13-26)14-6-8-17(9-7-14)25-22(27)15-4-2-3-5-15/h6-11,15,19H,2-5,12-13H2,1H3,(H,25,27). The number of anilines is 1. The van der Waals surface area contributed by atoms with Crippen LogP contribution in [0.5, 0.6) is 0 Å². The van der Waals surface area contributed by atoms with Gasteiger partial charge in [0, 0.05) is 40.7 Å². The van der Waals surface area contributed by atoms with E-state index in [1.807, 2.05) is 24.3 Å². The molecule has 1 N–H and O–H groups in total. The Labute approximate surface area is 170 Å². The van der Waals surface area contributed by atoms with Gasteiger partial charge in [-0.2, -0.15) is 0 Å². The molecule has 5 heteroatoms. The summed E-state index contributed by atoms with van der Waals surface area (Å²) in [5, 5.41) is 4.47. The Hall–Kier alpha value is -1.55. The fourth-order valence-electron chi connectivity index (χ4n) is 4.36. The van der Waals surface area contributed by atoms with E-state index in [1.54, 1.807) is 0 Å². The maximum absolute atomic E-state index is 12.3. The van der Waals surface area contributed by atoms with Gasteiger partial charge in [0.25, 0.3) is 0 Å². The van der Waals surface area contributed by atoms with Crippen molar-refractivity contribution in [3.05, 3.63) is 63.1 Å². The number of carbonyl (C=O) groups is 1. The zero-order valence-corrected chi connectivity index (χ0v) is 17.0. The summed E-state index contributed by atoms with van der Waals surface area (Å²) in [6.07, 6.45) is 4.35. The van der Waals surface area contributed by atoms with Gasteiger partial charge in [0.15, 0.2) is 0 Å². The molecule has 2 aromatic carbocycles. The predicted octanol–water partition coefficient (Wildman–Crippen LogP) is 5.70. The van der Waals surface area contributed by atoms with Crippen molar-refractivity contribution in [3.8, 4) is 0 Å². The van der Waals surface area contributed by atoms with E-state index in [9.17, 15) is 4.79 Å². The molecule has 142 valence electrons. The van der Waals surface area contributed by atoms with Crippen LogP contribution in [0.4, 0.5) is 5.69 Å². The lowest BCUT2D eigenvalue weighted by atomic mass is 9.84. The van der Waals surface area contributed by atoms with E-state index >= 15 is 0 Å². The number of likely N-dealkylation sites (N-methyl/N-ethyl adjacent to an activating group) is 1. The number of carbonyl (C=O) groups excluding carboxylic acids is 1. The Morgan fingerprint density at radius 1 is 1.11 bits per heavy atom. The summed E-state index contributed by atoms with van der Waals surface area (Å²) in [4.78, 5) is 14.6. The highest BCUT2D eigenvalue weighted by Gasteiger charge is 2.27. The first-order valence-corrected chi connectivity index (χ1v) is 10.3. The van der Waals surface area contributed by atoms with Crippen molar-refractivity contribution >= 4 is 34.8 Å². The molecule has 27 heavy (non-hydrogen) atoms. The maximum Gasteiger partial charge on any atom is 0.227 e. The number of fused-ring (bicyclic) bond motifs is 1. The summed E-state index contributed by atoms with van der Waals surface area (Å²) >= 11 is 12.7. The molecule has 4 rings (SSSR count). The number of amides is 1. The fourth-order valence-corrected chi connectivity index (χ4v) is 4.93. The third kappa shape index (κ3) is 4.01. The first kappa shape index (κ1) is 18.8. The first-order valence-electron chi connectivity index (χ1n) is 9.58. The lowest BCUT2D eigenvalue weighted by molar-refractivity contribution is -0.119. The largest absolute Gasteiger partial charge is 0.326 e. The van der Waals surface area contributed by atoms with Crippen molar-refractivity contribution in [2.45, 2.75) is 38.1 Å². The minimum absolute atomic E-state index is 0.154. The molecule has 2 aliphatic rings. The molecule has 1 atom stereocenters. The zero-order chi connectivity index (χ0) is 19.0. The van der Waals surface area contributed by atoms with Crippen molar-refractivity contribution in [1.82, 2.24) is 4.90 Å². The van der Waals surface area contributed by atoms with Crippen molar-refractivity contribution in [1.29, 1.82) is 0 Å². The number of benzene rings is 2. The van der Waals surface area contributed by atoms with Crippen LogP contribution in [0.2, 0.25) is 10.0 Å².